The van der Waals surface area contributed by atoms with Gasteiger partial charge in [0, 0.05) is 5.75 Å². The van der Waals surface area contributed by atoms with E-state index in [-0.39, 0.29) is 5.91 Å². The maximum absolute atomic E-state index is 12.8. The molecule has 1 heterocycles. The average Bonchev–Trinajstić information content (AvgIpc) is 2.88. The normalized spacial score (nSPS) is 26.9. The van der Waals surface area contributed by atoms with Crippen LogP contribution in [-0.2, 0) is 15.0 Å². The van der Waals surface area contributed by atoms with Gasteiger partial charge in [0.1, 0.15) is 5.54 Å². The van der Waals surface area contributed by atoms with E-state index in [1.807, 2.05) is 30.3 Å². The molecule has 112 valence electrons. The largest absolute Gasteiger partial charge is 0.479 e. The van der Waals surface area contributed by atoms with Crippen LogP contribution in [0.5, 0.6) is 0 Å². The van der Waals surface area contributed by atoms with Crippen LogP contribution in [0.15, 0.2) is 30.3 Å². The van der Waals surface area contributed by atoms with Crippen molar-refractivity contribution in [2.24, 2.45) is 0 Å². The Kier molecular flexibility index (Phi) is 3.69. The predicted octanol–water partition coefficient (Wildman–Crippen LogP) is 2.18. The SMILES string of the molecule is O=C(O)C1(NC(=O)C2(c3ccccc3)CCC2)CCSC1. The van der Waals surface area contributed by atoms with Crippen LogP contribution in [0.4, 0.5) is 0 Å². The van der Waals surface area contributed by atoms with Crippen LogP contribution >= 0.6 is 11.8 Å². The molecule has 21 heavy (non-hydrogen) atoms. The number of hydrogen-bond acceptors (Lipinski definition) is 3. The van der Waals surface area contributed by atoms with Gasteiger partial charge in [0.05, 0.1) is 5.41 Å². The van der Waals surface area contributed by atoms with Gasteiger partial charge < -0.3 is 10.4 Å². The van der Waals surface area contributed by atoms with Gasteiger partial charge in [-0.3, -0.25) is 4.79 Å². The molecule has 2 aliphatic rings. The van der Waals surface area contributed by atoms with Gasteiger partial charge in [-0.15, -0.1) is 0 Å². The Labute approximate surface area is 128 Å². The van der Waals surface area contributed by atoms with Gasteiger partial charge >= 0.3 is 5.97 Å². The van der Waals surface area contributed by atoms with E-state index in [4.69, 9.17) is 0 Å². The van der Waals surface area contributed by atoms with Crippen LogP contribution in [0.2, 0.25) is 0 Å². The second-order valence-electron chi connectivity index (χ2n) is 5.95. The lowest BCUT2D eigenvalue weighted by molar-refractivity contribution is -0.148. The van der Waals surface area contributed by atoms with Crippen LogP contribution in [0.3, 0.4) is 0 Å². The number of hydrogen-bond donors (Lipinski definition) is 2. The predicted molar refractivity (Wildman–Crippen MR) is 82.4 cm³/mol. The first-order valence-electron chi connectivity index (χ1n) is 7.28. The number of benzene rings is 1. The number of amides is 1. The molecule has 1 aromatic carbocycles. The van der Waals surface area contributed by atoms with Crippen molar-refractivity contribution in [2.75, 3.05) is 11.5 Å². The average molecular weight is 305 g/mol. The highest BCUT2D eigenvalue weighted by Crippen LogP contribution is 2.44. The summed E-state index contributed by atoms with van der Waals surface area (Å²) in [6.07, 6.45) is 3.11. The summed E-state index contributed by atoms with van der Waals surface area (Å²) in [5.74, 6) is 0.206. The highest BCUT2D eigenvalue weighted by molar-refractivity contribution is 7.99. The molecular weight excluding hydrogens is 286 g/mol. The summed E-state index contributed by atoms with van der Waals surface area (Å²) in [6.45, 7) is 0. The van der Waals surface area contributed by atoms with E-state index in [9.17, 15) is 14.7 Å². The van der Waals surface area contributed by atoms with Gasteiger partial charge in [-0.25, -0.2) is 4.79 Å². The number of carboxylic acids is 1. The lowest BCUT2D eigenvalue weighted by Crippen LogP contribution is -2.61. The molecule has 1 saturated heterocycles. The lowest BCUT2D eigenvalue weighted by Gasteiger charge is -2.42. The number of rotatable bonds is 4. The molecule has 0 aromatic heterocycles. The number of thioether (sulfide) groups is 1. The molecule has 2 fully saturated rings. The Bertz CT molecular complexity index is 548. The van der Waals surface area contributed by atoms with E-state index >= 15 is 0 Å². The van der Waals surface area contributed by atoms with Gasteiger partial charge in [0.2, 0.25) is 5.91 Å². The molecule has 3 rings (SSSR count). The van der Waals surface area contributed by atoms with Crippen LogP contribution < -0.4 is 5.32 Å². The molecule has 5 heteroatoms. The maximum Gasteiger partial charge on any atom is 0.330 e. The standard InChI is InChI=1S/C16H19NO3S/c18-13(17-16(14(19)20)9-10-21-11-16)15(7-4-8-15)12-5-2-1-3-6-12/h1-3,5-6H,4,7-11H2,(H,17,18)(H,19,20). The molecule has 1 unspecified atom stereocenters. The Morgan fingerprint density at radius 2 is 1.86 bits per heavy atom. The van der Waals surface area contributed by atoms with E-state index in [2.05, 4.69) is 5.32 Å². The third kappa shape index (κ3) is 2.33. The number of carbonyl (C=O) groups is 2. The summed E-state index contributed by atoms with van der Waals surface area (Å²) in [5, 5.41) is 12.4. The zero-order valence-electron chi connectivity index (χ0n) is 11.8. The van der Waals surface area contributed by atoms with Gasteiger partial charge in [0.25, 0.3) is 0 Å². The van der Waals surface area contributed by atoms with Gasteiger partial charge in [-0.2, -0.15) is 11.8 Å². The van der Waals surface area contributed by atoms with Crippen LogP contribution in [0.25, 0.3) is 0 Å². The first-order valence-corrected chi connectivity index (χ1v) is 8.44. The van der Waals surface area contributed by atoms with E-state index in [1.165, 1.54) is 0 Å². The molecule has 1 amide bonds. The Balaban J connectivity index is 1.85. The Morgan fingerprint density at radius 1 is 1.14 bits per heavy atom. The fourth-order valence-electron chi connectivity index (χ4n) is 3.16. The van der Waals surface area contributed by atoms with Crippen LogP contribution in [-0.4, -0.2) is 34.0 Å². The second kappa shape index (κ2) is 5.37. The van der Waals surface area contributed by atoms with Crippen LogP contribution in [0.1, 0.15) is 31.2 Å². The highest BCUT2D eigenvalue weighted by atomic mass is 32.2. The van der Waals surface area contributed by atoms with Crippen molar-refractivity contribution in [3.05, 3.63) is 35.9 Å². The highest BCUT2D eigenvalue weighted by Gasteiger charge is 2.51. The van der Waals surface area contributed by atoms with Crippen molar-refractivity contribution in [1.29, 1.82) is 0 Å². The second-order valence-corrected chi connectivity index (χ2v) is 7.05. The molecule has 0 spiro atoms. The molecular formula is C16H19NO3S. The van der Waals surface area contributed by atoms with Gasteiger partial charge in [-0.1, -0.05) is 36.8 Å². The number of nitrogens with one attached hydrogen (secondary N) is 1. The van der Waals surface area contributed by atoms with E-state index in [1.54, 1.807) is 11.8 Å². The molecule has 0 radical (unpaired) electrons. The summed E-state index contributed by atoms with van der Waals surface area (Å²) in [4.78, 5) is 24.4. The summed E-state index contributed by atoms with van der Waals surface area (Å²) < 4.78 is 0. The summed E-state index contributed by atoms with van der Waals surface area (Å²) >= 11 is 1.59. The number of carboxylic acid groups (broad SMARTS) is 1. The summed E-state index contributed by atoms with van der Waals surface area (Å²) in [5.41, 5.74) is -0.615. The summed E-state index contributed by atoms with van der Waals surface area (Å²) in [7, 11) is 0. The zero-order valence-corrected chi connectivity index (χ0v) is 12.6. The fourth-order valence-corrected chi connectivity index (χ4v) is 4.48. The van der Waals surface area contributed by atoms with Gasteiger partial charge in [0.15, 0.2) is 0 Å². The molecule has 1 aromatic rings. The zero-order chi connectivity index (χ0) is 14.9. The van der Waals surface area contributed by atoms with Crippen LogP contribution in [0, 0.1) is 0 Å². The van der Waals surface area contributed by atoms with E-state index in [0.29, 0.717) is 12.2 Å². The maximum atomic E-state index is 12.8. The van der Waals surface area contributed by atoms with Gasteiger partial charge in [-0.05, 0) is 30.6 Å². The first-order chi connectivity index (χ1) is 10.1. The third-order valence-corrected chi connectivity index (χ3v) is 5.94. The smallest absolute Gasteiger partial charge is 0.330 e. The van der Waals surface area contributed by atoms with Crippen molar-refractivity contribution in [3.8, 4) is 0 Å². The Hall–Kier alpha value is -1.49. The molecule has 1 saturated carbocycles. The van der Waals surface area contributed by atoms with E-state index in [0.717, 1.165) is 30.6 Å². The van der Waals surface area contributed by atoms with Crippen molar-refractivity contribution in [2.45, 2.75) is 36.6 Å². The molecule has 1 atom stereocenters. The third-order valence-electron chi connectivity index (χ3n) is 4.75. The van der Waals surface area contributed by atoms with Crippen molar-refractivity contribution >= 4 is 23.6 Å². The summed E-state index contributed by atoms with van der Waals surface area (Å²) in [6, 6.07) is 9.73. The Morgan fingerprint density at radius 3 is 2.33 bits per heavy atom. The quantitative estimate of drug-likeness (QED) is 0.895. The fraction of sp³-hybridized carbons (Fsp3) is 0.500. The minimum atomic E-state index is -1.08. The van der Waals surface area contributed by atoms with Crippen molar-refractivity contribution in [1.82, 2.24) is 5.32 Å². The van der Waals surface area contributed by atoms with Crippen molar-refractivity contribution in [3.63, 3.8) is 0 Å². The number of aliphatic carboxylic acids is 1. The topological polar surface area (TPSA) is 66.4 Å². The molecule has 2 N–H and O–H groups in total. The number of carbonyl (C=O) groups excluding carboxylic acids is 1. The minimum absolute atomic E-state index is 0.121. The lowest BCUT2D eigenvalue weighted by atomic mass is 9.63. The monoisotopic (exact) mass is 305 g/mol. The molecule has 1 aliphatic carbocycles. The molecule has 1 aliphatic heterocycles. The first kappa shape index (κ1) is 14.4. The minimum Gasteiger partial charge on any atom is -0.479 e. The molecule has 4 nitrogen and oxygen atoms in total. The molecule has 0 bridgehead atoms. The van der Waals surface area contributed by atoms with Crippen molar-refractivity contribution < 1.29 is 14.7 Å². The van der Waals surface area contributed by atoms with E-state index < -0.39 is 16.9 Å².